The number of nitrogens with two attached hydrogens (primary N) is 2. The first-order valence-corrected chi connectivity index (χ1v) is 4.12. The fraction of sp³-hybridized carbons (Fsp3) is 1.00. The zero-order chi connectivity index (χ0) is 10.4. The fourth-order valence-corrected chi connectivity index (χ4v) is 0.840. The van der Waals surface area contributed by atoms with E-state index in [9.17, 15) is 10.2 Å². The second-order valence-corrected chi connectivity index (χ2v) is 3.06. The van der Waals surface area contributed by atoms with Gasteiger partial charge in [0.15, 0.2) is 0 Å². The van der Waals surface area contributed by atoms with Crippen molar-refractivity contribution in [2.75, 3.05) is 13.2 Å². The smallest absolute Gasteiger partial charge is 0.0738 e. The molecule has 0 spiro atoms. The number of aliphatic hydroxyl groups is 4. The summed E-state index contributed by atoms with van der Waals surface area (Å²) in [6.07, 6.45) is -2.08. The summed E-state index contributed by atoms with van der Waals surface area (Å²) in [4.78, 5) is 0. The van der Waals surface area contributed by atoms with Crippen LogP contribution in [-0.2, 0) is 0 Å². The molecule has 0 radical (unpaired) electrons. The number of hydrogen-bond acceptors (Lipinski definition) is 6. The topological polar surface area (TPSA) is 133 Å². The third-order valence-corrected chi connectivity index (χ3v) is 1.89. The first-order valence-electron chi connectivity index (χ1n) is 4.12. The Labute approximate surface area is 76.8 Å². The van der Waals surface area contributed by atoms with Crippen molar-refractivity contribution in [2.45, 2.75) is 30.7 Å². The Kier molecular flexibility index (Phi) is 6.13. The van der Waals surface area contributed by atoms with E-state index in [0.717, 1.165) is 0 Å². The third kappa shape index (κ3) is 4.51. The molecule has 6 nitrogen and oxygen atoms in total. The zero-order valence-electron chi connectivity index (χ0n) is 7.37. The van der Waals surface area contributed by atoms with Gasteiger partial charge < -0.3 is 31.9 Å². The molecule has 0 aliphatic carbocycles. The average molecular weight is 194 g/mol. The SMILES string of the molecule is N[C@@H](CO)[C@@H](O)C[C@H](O)[C@@H](N)CO. The van der Waals surface area contributed by atoms with Crippen LogP contribution >= 0.6 is 0 Å². The molecule has 80 valence electrons. The molecule has 0 aliphatic rings. The summed E-state index contributed by atoms with van der Waals surface area (Å²) in [6.45, 7) is -0.718. The highest BCUT2D eigenvalue weighted by molar-refractivity contribution is 4.79. The normalized spacial score (nSPS) is 20.8. The highest BCUT2D eigenvalue weighted by Crippen LogP contribution is 2.04. The van der Waals surface area contributed by atoms with Crippen LogP contribution in [0, 0.1) is 0 Å². The van der Waals surface area contributed by atoms with Crippen LogP contribution in [-0.4, -0.2) is 57.9 Å². The lowest BCUT2D eigenvalue weighted by molar-refractivity contribution is 0.0302. The molecule has 0 heterocycles. The molecule has 0 aromatic rings. The van der Waals surface area contributed by atoms with Gasteiger partial charge in [0.2, 0.25) is 0 Å². The van der Waals surface area contributed by atoms with E-state index in [1.165, 1.54) is 0 Å². The maximum atomic E-state index is 9.25. The van der Waals surface area contributed by atoms with Crippen molar-refractivity contribution >= 4 is 0 Å². The minimum absolute atomic E-state index is 0.0521. The maximum absolute atomic E-state index is 9.25. The van der Waals surface area contributed by atoms with Crippen LogP contribution in [0.1, 0.15) is 6.42 Å². The summed E-state index contributed by atoms with van der Waals surface area (Å²) in [5.74, 6) is 0. The Morgan fingerprint density at radius 1 is 0.846 bits per heavy atom. The zero-order valence-corrected chi connectivity index (χ0v) is 7.37. The molecular weight excluding hydrogens is 176 g/mol. The average Bonchev–Trinajstić information content (AvgIpc) is 2.14. The van der Waals surface area contributed by atoms with E-state index in [1.807, 2.05) is 0 Å². The molecule has 6 heteroatoms. The molecule has 4 atom stereocenters. The highest BCUT2D eigenvalue weighted by atomic mass is 16.3. The molecule has 0 aliphatic heterocycles. The Hall–Kier alpha value is -0.240. The first-order chi connectivity index (χ1) is 6.02. The standard InChI is InChI=1S/C7H18N2O4/c8-4(2-10)6(12)1-7(13)5(9)3-11/h4-7,10-13H,1-3,8-9H2/t4-,5-,6-,7-/m0/s1. The molecule has 0 rings (SSSR count). The Morgan fingerprint density at radius 3 is 1.38 bits per heavy atom. The summed E-state index contributed by atoms with van der Waals surface area (Å²) in [6, 6.07) is -1.58. The molecule has 13 heavy (non-hydrogen) atoms. The quantitative estimate of drug-likeness (QED) is 0.263. The van der Waals surface area contributed by atoms with Crippen molar-refractivity contribution in [3.05, 3.63) is 0 Å². The van der Waals surface area contributed by atoms with Gasteiger partial charge in [-0.1, -0.05) is 0 Å². The predicted octanol–water partition coefficient (Wildman–Crippen LogP) is -3.26. The number of hydrogen-bond donors (Lipinski definition) is 6. The summed E-state index contributed by atoms with van der Waals surface area (Å²) in [7, 11) is 0. The van der Waals surface area contributed by atoms with E-state index < -0.39 is 24.3 Å². The van der Waals surface area contributed by atoms with Crippen LogP contribution in [0.5, 0.6) is 0 Å². The number of aliphatic hydroxyl groups excluding tert-OH is 4. The van der Waals surface area contributed by atoms with E-state index in [0.29, 0.717) is 0 Å². The summed E-state index contributed by atoms with van der Waals surface area (Å²) in [5, 5.41) is 35.6. The molecule has 0 saturated heterocycles. The van der Waals surface area contributed by atoms with Crippen molar-refractivity contribution < 1.29 is 20.4 Å². The molecule has 0 bridgehead atoms. The van der Waals surface area contributed by atoms with Crippen LogP contribution in [0.15, 0.2) is 0 Å². The van der Waals surface area contributed by atoms with Crippen LogP contribution < -0.4 is 11.5 Å². The van der Waals surface area contributed by atoms with Crippen LogP contribution in [0.3, 0.4) is 0 Å². The van der Waals surface area contributed by atoms with Crippen molar-refractivity contribution in [2.24, 2.45) is 11.5 Å². The van der Waals surface area contributed by atoms with Gasteiger partial charge in [-0.05, 0) is 0 Å². The van der Waals surface area contributed by atoms with Crippen molar-refractivity contribution in [1.82, 2.24) is 0 Å². The second kappa shape index (κ2) is 6.25. The van der Waals surface area contributed by atoms with Gasteiger partial charge in [-0.15, -0.1) is 0 Å². The minimum atomic E-state index is -1.02. The lowest BCUT2D eigenvalue weighted by atomic mass is 10.0. The molecule has 0 saturated carbocycles. The molecule has 0 aromatic heterocycles. The number of rotatable bonds is 6. The molecule has 8 N–H and O–H groups in total. The van der Waals surface area contributed by atoms with E-state index >= 15 is 0 Å². The predicted molar refractivity (Wildman–Crippen MR) is 46.8 cm³/mol. The van der Waals surface area contributed by atoms with Gasteiger partial charge in [-0.3, -0.25) is 0 Å². The van der Waals surface area contributed by atoms with E-state index in [-0.39, 0.29) is 19.6 Å². The van der Waals surface area contributed by atoms with Crippen LogP contribution in [0.4, 0.5) is 0 Å². The van der Waals surface area contributed by atoms with Gasteiger partial charge >= 0.3 is 0 Å². The Morgan fingerprint density at radius 2 is 1.15 bits per heavy atom. The first kappa shape index (κ1) is 12.8. The van der Waals surface area contributed by atoms with Gasteiger partial charge in [0.25, 0.3) is 0 Å². The van der Waals surface area contributed by atoms with Crippen LogP contribution in [0.25, 0.3) is 0 Å². The Bertz CT molecular complexity index is 122. The van der Waals surface area contributed by atoms with E-state index in [4.69, 9.17) is 21.7 Å². The van der Waals surface area contributed by atoms with Crippen molar-refractivity contribution in [1.29, 1.82) is 0 Å². The third-order valence-electron chi connectivity index (χ3n) is 1.89. The Balaban J connectivity index is 3.83. The van der Waals surface area contributed by atoms with Gasteiger partial charge in [0, 0.05) is 6.42 Å². The summed E-state index contributed by atoms with van der Waals surface area (Å²) < 4.78 is 0. The summed E-state index contributed by atoms with van der Waals surface area (Å²) >= 11 is 0. The minimum Gasteiger partial charge on any atom is -0.395 e. The lowest BCUT2D eigenvalue weighted by Crippen LogP contribution is -2.45. The molecule has 0 fully saturated rings. The van der Waals surface area contributed by atoms with Crippen LogP contribution in [0.2, 0.25) is 0 Å². The molecule has 0 amide bonds. The van der Waals surface area contributed by atoms with Gasteiger partial charge in [-0.2, -0.15) is 0 Å². The summed E-state index contributed by atoms with van der Waals surface area (Å²) in [5.41, 5.74) is 10.6. The van der Waals surface area contributed by atoms with E-state index in [1.54, 1.807) is 0 Å². The van der Waals surface area contributed by atoms with Gasteiger partial charge in [0.1, 0.15) is 0 Å². The fourth-order valence-electron chi connectivity index (χ4n) is 0.840. The monoisotopic (exact) mass is 194 g/mol. The maximum Gasteiger partial charge on any atom is 0.0738 e. The molecule has 0 aromatic carbocycles. The lowest BCUT2D eigenvalue weighted by Gasteiger charge is -2.22. The second-order valence-electron chi connectivity index (χ2n) is 3.06. The van der Waals surface area contributed by atoms with Crippen molar-refractivity contribution in [3.8, 4) is 0 Å². The van der Waals surface area contributed by atoms with Crippen molar-refractivity contribution in [3.63, 3.8) is 0 Å². The van der Waals surface area contributed by atoms with E-state index in [2.05, 4.69) is 0 Å². The van der Waals surface area contributed by atoms with Gasteiger partial charge in [0.05, 0.1) is 37.5 Å². The largest absolute Gasteiger partial charge is 0.395 e. The molecule has 0 unspecified atom stereocenters. The molecular formula is C7H18N2O4. The van der Waals surface area contributed by atoms with Gasteiger partial charge in [-0.25, -0.2) is 0 Å². The highest BCUT2D eigenvalue weighted by Gasteiger charge is 2.21.